The van der Waals surface area contributed by atoms with E-state index in [4.69, 9.17) is 9.84 Å². The van der Waals surface area contributed by atoms with Crippen LogP contribution in [0.4, 0.5) is 0 Å². The number of aliphatic carboxylic acids is 1. The van der Waals surface area contributed by atoms with Crippen molar-refractivity contribution in [2.24, 2.45) is 5.41 Å². The molecule has 17 heavy (non-hydrogen) atoms. The number of carboxylic acid groups (broad SMARTS) is 1. The van der Waals surface area contributed by atoms with Gasteiger partial charge >= 0.3 is 5.97 Å². The summed E-state index contributed by atoms with van der Waals surface area (Å²) in [6.45, 7) is 1.09. The summed E-state index contributed by atoms with van der Waals surface area (Å²) in [5.74, 6) is -0.660. The van der Waals surface area contributed by atoms with Gasteiger partial charge in [0, 0.05) is 6.61 Å². The molecule has 1 aromatic carbocycles. The Bertz CT molecular complexity index is 368. The summed E-state index contributed by atoms with van der Waals surface area (Å²) in [4.78, 5) is 11.1. The molecule has 0 aromatic heterocycles. The third-order valence-electron chi connectivity index (χ3n) is 3.60. The van der Waals surface area contributed by atoms with Crippen molar-refractivity contribution in [3.05, 3.63) is 35.9 Å². The van der Waals surface area contributed by atoms with Crippen molar-refractivity contribution in [3.63, 3.8) is 0 Å². The molecule has 0 spiro atoms. The fourth-order valence-corrected chi connectivity index (χ4v) is 2.21. The van der Waals surface area contributed by atoms with Gasteiger partial charge in [0.15, 0.2) is 0 Å². The molecule has 1 aromatic rings. The number of carbonyl (C=O) groups is 1. The van der Waals surface area contributed by atoms with E-state index in [2.05, 4.69) is 0 Å². The first kappa shape index (κ1) is 12.1. The monoisotopic (exact) mass is 234 g/mol. The summed E-state index contributed by atoms with van der Waals surface area (Å²) in [6, 6.07) is 9.94. The second kappa shape index (κ2) is 5.32. The molecule has 1 aliphatic carbocycles. The summed E-state index contributed by atoms with van der Waals surface area (Å²) < 4.78 is 5.54. The average molecular weight is 234 g/mol. The van der Waals surface area contributed by atoms with Crippen molar-refractivity contribution in [1.29, 1.82) is 0 Å². The molecule has 92 valence electrons. The first-order valence-corrected chi connectivity index (χ1v) is 6.08. The fourth-order valence-electron chi connectivity index (χ4n) is 2.21. The fraction of sp³-hybridized carbons (Fsp3) is 0.500. The molecule has 1 saturated carbocycles. The Morgan fingerprint density at radius 2 is 2.00 bits per heavy atom. The number of ether oxygens (including phenoxy) is 1. The van der Waals surface area contributed by atoms with Crippen LogP contribution in [0.3, 0.4) is 0 Å². The molecule has 0 bridgehead atoms. The van der Waals surface area contributed by atoms with Gasteiger partial charge in [-0.2, -0.15) is 0 Å². The van der Waals surface area contributed by atoms with Gasteiger partial charge in [0.25, 0.3) is 0 Å². The Balaban J connectivity index is 1.71. The molecule has 0 heterocycles. The highest BCUT2D eigenvalue weighted by atomic mass is 16.5. The van der Waals surface area contributed by atoms with Crippen molar-refractivity contribution >= 4 is 5.97 Å². The van der Waals surface area contributed by atoms with Gasteiger partial charge in [0.2, 0.25) is 0 Å². The largest absolute Gasteiger partial charge is 0.481 e. The minimum absolute atomic E-state index is 0.489. The summed E-state index contributed by atoms with van der Waals surface area (Å²) in [5.41, 5.74) is 0.641. The molecule has 1 aliphatic rings. The van der Waals surface area contributed by atoms with Crippen LogP contribution in [0, 0.1) is 5.41 Å². The standard InChI is InChI=1S/C14H18O3/c15-13(16)14(7-4-8-14)9-10-17-11-12-5-2-1-3-6-12/h1-3,5-6H,4,7-11H2,(H,15,16). The lowest BCUT2D eigenvalue weighted by Gasteiger charge is -2.37. The van der Waals surface area contributed by atoms with Crippen molar-refractivity contribution in [1.82, 2.24) is 0 Å². The lowest BCUT2D eigenvalue weighted by molar-refractivity contribution is -0.156. The molecule has 0 radical (unpaired) electrons. The molecule has 2 rings (SSSR count). The predicted molar refractivity (Wildman–Crippen MR) is 64.6 cm³/mol. The van der Waals surface area contributed by atoms with Gasteiger partial charge in [0.05, 0.1) is 12.0 Å². The second-order valence-electron chi connectivity index (χ2n) is 4.73. The Morgan fingerprint density at radius 1 is 1.29 bits per heavy atom. The van der Waals surface area contributed by atoms with Crippen LogP contribution >= 0.6 is 0 Å². The van der Waals surface area contributed by atoms with Crippen LogP contribution < -0.4 is 0 Å². The molecule has 3 nitrogen and oxygen atoms in total. The number of rotatable bonds is 6. The molecular formula is C14H18O3. The van der Waals surface area contributed by atoms with Gasteiger partial charge in [-0.15, -0.1) is 0 Å². The lowest BCUT2D eigenvalue weighted by atomic mass is 9.67. The highest BCUT2D eigenvalue weighted by Crippen LogP contribution is 2.44. The maximum absolute atomic E-state index is 11.1. The lowest BCUT2D eigenvalue weighted by Crippen LogP contribution is -2.38. The summed E-state index contributed by atoms with van der Waals surface area (Å²) >= 11 is 0. The highest BCUT2D eigenvalue weighted by Gasteiger charge is 2.43. The van der Waals surface area contributed by atoms with E-state index in [1.165, 1.54) is 0 Å². The van der Waals surface area contributed by atoms with E-state index in [1.807, 2.05) is 30.3 Å². The molecule has 0 aliphatic heterocycles. The predicted octanol–water partition coefficient (Wildman–Crippen LogP) is 2.85. The van der Waals surface area contributed by atoms with E-state index in [0.717, 1.165) is 24.8 Å². The molecule has 1 fully saturated rings. The van der Waals surface area contributed by atoms with Crippen LogP contribution in [0.15, 0.2) is 30.3 Å². The number of hydrogen-bond donors (Lipinski definition) is 1. The zero-order valence-electron chi connectivity index (χ0n) is 9.89. The van der Waals surface area contributed by atoms with E-state index in [0.29, 0.717) is 19.6 Å². The van der Waals surface area contributed by atoms with Crippen LogP contribution in [-0.2, 0) is 16.1 Å². The number of hydrogen-bond acceptors (Lipinski definition) is 2. The van der Waals surface area contributed by atoms with Gasteiger partial charge in [-0.1, -0.05) is 36.8 Å². The van der Waals surface area contributed by atoms with Gasteiger partial charge in [0.1, 0.15) is 0 Å². The van der Waals surface area contributed by atoms with Crippen LogP contribution in [-0.4, -0.2) is 17.7 Å². The summed E-state index contributed by atoms with van der Waals surface area (Å²) in [6.07, 6.45) is 3.27. The van der Waals surface area contributed by atoms with Gasteiger partial charge < -0.3 is 9.84 Å². The van der Waals surface area contributed by atoms with E-state index in [9.17, 15) is 4.79 Å². The van der Waals surface area contributed by atoms with Crippen molar-refractivity contribution in [3.8, 4) is 0 Å². The van der Waals surface area contributed by atoms with Crippen LogP contribution in [0.25, 0.3) is 0 Å². The van der Waals surface area contributed by atoms with Gasteiger partial charge in [-0.25, -0.2) is 0 Å². The number of benzene rings is 1. The second-order valence-corrected chi connectivity index (χ2v) is 4.73. The van der Waals surface area contributed by atoms with E-state index in [-0.39, 0.29) is 0 Å². The molecular weight excluding hydrogens is 216 g/mol. The quantitative estimate of drug-likeness (QED) is 0.770. The molecule has 1 N–H and O–H groups in total. The Morgan fingerprint density at radius 3 is 2.53 bits per heavy atom. The van der Waals surface area contributed by atoms with Crippen LogP contribution in [0.5, 0.6) is 0 Å². The van der Waals surface area contributed by atoms with Crippen molar-refractivity contribution in [2.75, 3.05) is 6.61 Å². The van der Waals surface area contributed by atoms with Crippen LogP contribution in [0.2, 0.25) is 0 Å². The first-order chi connectivity index (χ1) is 8.23. The van der Waals surface area contributed by atoms with Crippen molar-refractivity contribution < 1.29 is 14.6 Å². The highest BCUT2D eigenvalue weighted by molar-refractivity contribution is 5.75. The van der Waals surface area contributed by atoms with E-state index in [1.54, 1.807) is 0 Å². The van der Waals surface area contributed by atoms with Gasteiger partial charge in [-0.05, 0) is 24.8 Å². The topological polar surface area (TPSA) is 46.5 Å². The third-order valence-corrected chi connectivity index (χ3v) is 3.60. The minimum atomic E-state index is -0.660. The van der Waals surface area contributed by atoms with Crippen LogP contribution in [0.1, 0.15) is 31.2 Å². The minimum Gasteiger partial charge on any atom is -0.481 e. The van der Waals surface area contributed by atoms with Gasteiger partial charge in [-0.3, -0.25) is 4.79 Å². The smallest absolute Gasteiger partial charge is 0.309 e. The Hall–Kier alpha value is -1.35. The van der Waals surface area contributed by atoms with E-state index < -0.39 is 11.4 Å². The molecule has 0 unspecified atom stereocenters. The Labute approximate surface area is 101 Å². The van der Waals surface area contributed by atoms with E-state index >= 15 is 0 Å². The molecule has 0 amide bonds. The third kappa shape index (κ3) is 2.86. The normalized spacial score (nSPS) is 17.4. The Kier molecular flexibility index (Phi) is 3.79. The molecule has 0 atom stereocenters. The molecule has 0 saturated heterocycles. The first-order valence-electron chi connectivity index (χ1n) is 6.08. The zero-order valence-corrected chi connectivity index (χ0v) is 9.89. The molecule has 3 heteroatoms. The zero-order chi connectivity index (χ0) is 12.1. The summed E-state index contributed by atoms with van der Waals surface area (Å²) in [7, 11) is 0. The number of carboxylic acids is 1. The summed E-state index contributed by atoms with van der Waals surface area (Å²) in [5, 5.41) is 9.14. The SMILES string of the molecule is O=C(O)C1(CCOCc2ccccc2)CCC1. The average Bonchev–Trinajstić information content (AvgIpc) is 2.27. The maximum atomic E-state index is 11.1. The maximum Gasteiger partial charge on any atom is 0.309 e. The van der Waals surface area contributed by atoms with Crippen molar-refractivity contribution in [2.45, 2.75) is 32.3 Å².